The molecule has 1 fully saturated rings. The van der Waals surface area contributed by atoms with Crippen molar-refractivity contribution in [3.05, 3.63) is 111 Å². The van der Waals surface area contributed by atoms with Crippen molar-refractivity contribution in [2.45, 2.75) is 36.9 Å². The van der Waals surface area contributed by atoms with E-state index in [0.29, 0.717) is 32.0 Å². The number of hydrogen-bond acceptors (Lipinski definition) is 8. The first-order valence-corrected chi connectivity index (χ1v) is 14.9. The highest BCUT2D eigenvalue weighted by molar-refractivity contribution is 8.00. The second-order valence-corrected chi connectivity index (χ2v) is 12.3. The van der Waals surface area contributed by atoms with E-state index in [1.807, 2.05) is 92.0 Å². The second kappa shape index (κ2) is 10.8. The Bertz CT molecular complexity index is 1860. The lowest BCUT2D eigenvalue weighted by atomic mass is 9.96. The molecule has 3 aromatic heterocycles. The molecule has 6 rings (SSSR count). The van der Waals surface area contributed by atoms with Gasteiger partial charge in [-0.15, -0.1) is 10.2 Å². The summed E-state index contributed by atoms with van der Waals surface area (Å²) in [5.41, 5.74) is 5.09. The summed E-state index contributed by atoms with van der Waals surface area (Å²) in [4.78, 5) is 33.1. The minimum atomic E-state index is -0.907. The SMILES string of the molecule is Cc1ccc(C2/C(=C(\O)c3nc4c(C)cccn4c3C)C(=O)C(=O)N2c2nnc(SCc3ccccc3Cl)s2)cc1. The lowest BCUT2D eigenvalue weighted by Gasteiger charge is -2.22. The standard InChI is InChI=1S/C30H24ClN5O3S2/c1-16-10-12-19(13-11-16)24-22(25(37)23-18(3)35-14-6-7-17(2)27(35)32-23)26(38)28(39)36(24)29-33-34-30(41-29)40-15-20-8-4-5-9-21(20)31/h4-14,24,37H,15H2,1-3H3/b25-22+. The fourth-order valence-electron chi connectivity index (χ4n) is 4.88. The molecule has 206 valence electrons. The van der Waals surface area contributed by atoms with E-state index in [9.17, 15) is 14.7 Å². The lowest BCUT2D eigenvalue weighted by molar-refractivity contribution is -0.132. The Morgan fingerprint density at radius 2 is 1.78 bits per heavy atom. The van der Waals surface area contributed by atoms with Gasteiger partial charge in [0.2, 0.25) is 5.13 Å². The van der Waals surface area contributed by atoms with Crippen LogP contribution in [0.15, 0.2) is 76.8 Å². The van der Waals surface area contributed by atoms with Gasteiger partial charge < -0.3 is 9.51 Å². The molecule has 1 atom stereocenters. The number of aromatic nitrogens is 4. The van der Waals surface area contributed by atoms with E-state index in [4.69, 9.17) is 11.6 Å². The fourth-order valence-corrected chi connectivity index (χ4v) is 7.03. The number of pyridine rings is 1. The van der Waals surface area contributed by atoms with Gasteiger partial charge in [0, 0.05) is 17.0 Å². The van der Waals surface area contributed by atoms with Gasteiger partial charge >= 0.3 is 5.91 Å². The molecule has 41 heavy (non-hydrogen) atoms. The summed E-state index contributed by atoms with van der Waals surface area (Å²) in [7, 11) is 0. The minimum Gasteiger partial charge on any atom is -0.505 e. The van der Waals surface area contributed by atoms with Crippen LogP contribution >= 0.6 is 34.7 Å². The molecule has 4 heterocycles. The maximum atomic E-state index is 13.6. The maximum absolute atomic E-state index is 13.6. The van der Waals surface area contributed by atoms with E-state index in [2.05, 4.69) is 15.2 Å². The van der Waals surface area contributed by atoms with Crippen LogP contribution < -0.4 is 4.90 Å². The summed E-state index contributed by atoms with van der Waals surface area (Å²) in [6, 6.07) is 18.0. The van der Waals surface area contributed by atoms with Gasteiger partial charge in [-0.1, -0.05) is 88.8 Å². The highest BCUT2D eigenvalue weighted by atomic mass is 35.5. The number of ketones is 1. The van der Waals surface area contributed by atoms with Crippen LogP contribution in [0.4, 0.5) is 5.13 Å². The zero-order chi connectivity index (χ0) is 28.8. The zero-order valence-electron chi connectivity index (χ0n) is 22.3. The number of halogens is 1. The van der Waals surface area contributed by atoms with Crippen LogP contribution in [0.5, 0.6) is 0 Å². The average Bonchev–Trinajstić information content (AvgIpc) is 3.64. The number of aryl methyl sites for hydroxylation is 3. The van der Waals surface area contributed by atoms with E-state index in [0.717, 1.165) is 16.7 Å². The highest BCUT2D eigenvalue weighted by Gasteiger charge is 2.48. The third-order valence-electron chi connectivity index (χ3n) is 7.06. The number of hydrogen-bond donors (Lipinski definition) is 1. The third-order valence-corrected chi connectivity index (χ3v) is 9.53. The number of thioether (sulfide) groups is 1. The van der Waals surface area contributed by atoms with E-state index < -0.39 is 17.7 Å². The summed E-state index contributed by atoms with van der Waals surface area (Å²) in [5.74, 6) is -1.34. The van der Waals surface area contributed by atoms with Crippen molar-refractivity contribution >= 4 is 62.9 Å². The van der Waals surface area contributed by atoms with Crippen molar-refractivity contribution in [2.24, 2.45) is 0 Å². The van der Waals surface area contributed by atoms with Crippen LogP contribution in [0, 0.1) is 20.8 Å². The Balaban J connectivity index is 1.44. The number of imidazole rings is 1. The first-order valence-electron chi connectivity index (χ1n) is 12.8. The van der Waals surface area contributed by atoms with Gasteiger partial charge in [0.1, 0.15) is 11.3 Å². The first kappa shape index (κ1) is 27.2. The smallest absolute Gasteiger partial charge is 0.301 e. The molecule has 0 bridgehead atoms. The summed E-state index contributed by atoms with van der Waals surface area (Å²) in [5, 5.41) is 21.1. The van der Waals surface area contributed by atoms with Crippen molar-refractivity contribution in [1.82, 2.24) is 19.6 Å². The van der Waals surface area contributed by atoms with Crippen LogP contribution in [0.2, 0.25) is 5.02 Å². The number of fused-ring (bicyclic) bond motifs is 1. The minimum absolute atomic E-state index is 0.0384. The van der Waals surface area contributed by atoms with Gasteiger partial charge in [-0.3, -0.25) is 14.5 Å². The molecule has 1 aliphatic rings. The monoisotopic (exact) mass is 601 g/mol. The van der Waals surface area contributed by atoms with Crippen molar-refractivity contribution in [3.8, 4) is 0 Å². The van der Waals surface area contributed by atoms with Crippen LogP contribution in [0.1, 0.15) is 39.7 Å². The molecule has 8 nitrogen and oxygen atoms in total. The molecule has 0 saturated carbocycles. The topological polar surface area (TPSA) is 101 Å². The average molecular weight is 602 g/mol. The largest absolute Gasteiger partial charge is 0.505 e. The Labute approximate surface area is 249 Å². The number of aliphatic hydroxyl groups is 1. The molecule has 5 aromatic rings. The van der Waals surface area contributed by atoms with Crippen molar-refractivity contribution < 1.29 is 14.7 Å². The summed E-state index contributed by atoms with van der Waals surface area (Å²) in [6.07, 6.45) is 1.85. The highest BCUT2D eigenvalue weighted by Crippen LogP contribution is 2.44. The third kappa shape index (κ3) is 4.81. The Hall–Kier alpha value is -3.99. The number of aliphatic hydroxyl groups excluding tert-OH is 1. The van der Waals surface area contributed by atoms with Gasteiger partial charge in [-0.25, -0.2) is 4.98 Å². The molecule has 1 saturated heterocycles. The Morgan fingerprint density at radius 3 is 2.51 bits per heavy atom. The molecular formula is C30H24ClN5O3S2. The first-order chi connectivity index (χ1) is 19.7. The molecule has 0 aliphatic carbocycles. The van der Waals surface area contributed by atoms with Crippen molar-refractivity contribution in [3.63, 3.8) is 0 Å². The van der Waals surface area contributed by atoms with Gasteiger partial charge in [0.05, 0.1) is 17.3 Å². The second-order valence-electron chi connectivity index (χ2n) is 9.74. The summed E-state index contributed by atoms with van der Waals surface area (Å²) < 4.78 is 2.48. The normalized spacial score (nSPS) is 16.7. The molecule has 0 spiro atoms. The summed E-state index contributed by atoms with van der Waals surface area (Å²) in [6.45, 7) is 5.70. The van der Waals surface area contributed by atoms with Crippen LogP contribution in [0.25, 0.3) is 11.4 Å². The zero-order valence-corrected chi connectivity index (χ0v) is 24.7. The van der Waals surface area contributed by atoms with Gasteiger partial charge in [0.15, 0.2) is 10.1 Å². The molecule has 1 unspecified atom stereocenters. The van der Waals surface area contributed by atoms with Crippen LogP contribution in [0.3, 0.4) is 0 Å². The maximum Gasteiger partial charge on any atom is 0.301 e. The number of amides is 1. The number of benzene rings is 2. The van der Waals surface area contributed by atoms with Gasteiger partial charge in [-0.2, -0.15) is 0 Å². The Kier molecular flexibility index (Phi) is 7.14. The van der Waals surface area contributed by atoms with Crippen LogP contribution in [-0.2, 0) is 15.3 Å². The molecule has 1 aliphatic heterocycles. The van der Waals surface area contributed by atoms with Gasteiger partial charge in [0.25, 0.3) is 5.78 Å². The molecule has 1 amide bonds. The van der Waals surface area contributed by atoms with Crippen molar-refractivity contribution in [2.75, 3.05) is 4.90 Å². The number of nitrogens with zero attached hydrogens (tertiary/aromatic N) is 5. The molecule has 2 aromatic carbocycles. The Morgan fingerprint density at radius 1 is 1.02 bits per heavy atom. The predicted molar refractivity (Wildman–Crippen MR) is 162 cm³/mol. The number of Topliss-reactive ketones (excluding diaryl/α,β-unsaturated/α-hetero) is 1. The van der Waals surface area contributed by atoms with Crippen LogP contribution in [-0.4, -0.2) is 36.4 Å². The molecule has 0 radical (unpaired) electrons. The van der Waals surface area contributed by atoms with E-state index >= 15 is 0 Å². The lowest BCUT2D eigenvalue weighted by Crippen LogP contribution is -2.29. The van der Waals surface area contributed by atoms with Crippen molar-refractivity contribution in [1.29, 1.82) is 0 Å². The quantitative estimate of drug-likeness (QED) is 0.0761. The molecule has 1 N–H and O–H groups in total. The fraction of sp³-hybridized carbons (Fsp3) is 0.167. The number of rotatable bonds is 6. The summed E-state index contributed by atoms with van der Waals surface area (Å²) >= 11 is 8.95. The van der Waals surface area contributed by atoms with E-state index in [1.54, 1.807) is 0 Å². The number of anilines is 1. The molecular weight excluding hydrogens is 578 g/mol. The number of carbonyl (C=O) groups excluding carboxylic acids is 2. The number of carbonyl (C=O) groups is 2. The van der Waals surface area contributed by atoms with E-state index in [-0.39, 0.29) is 22.2 Å². The van der Waals surface area contributed by atoms with Gasteiger partial charge in [-0.05, 0) is 49.6 Å². The molecule has 11 heteroatoms. The predicted octanol–water partition coefficient (Wildman–Crippen LogP) is 6.68. The van der Waals surface area contributed by atoms with E-state index in [1.165, 1.54) is 28.0 Å².